The second kappa shape index (κ2) is 3.04. The van der Waals surface area contributed by atoms with Gasteiger partial charge in [-0.05, 0) is 28.8 Å². The van der Waals surface area contributed by atoms with Gasteiger partial charge in [-0.15, -0.1) is 0 Å². The Kier molecular flexibility index (Phi) is 1.78. The van der Waals surface area contributed by atoms with Crippen molar-refractivity contribution in [2.24, 2.45) is 0 Å². The molecule has 2 aromatic rings. The minimum atomic E-state index is -0.787. The molecule has 0 heterocycles. The highest BCUT2D eigenvalue weighted by molar-refractivity contribution is 6.12. The molecule has 0 fully saturated rings. The number of hydrogen-bond donors (Lipinski definition) is 1. The van der Waals surface area contributed by atoms with E-state index in [1.165, 1.54) is 6.07 Å². The molecule has 80 valence electrons. The predicted octanol–water partition coefficient (Wildman–Crippen LogP) is 2.81. The van der Waals surface area contributed by atoms with Crippen LogP contribution in [0.5, 0.6) is 5.75 Å². The fraction of sp³-hybridized carbons (Fsp3) is 0.154. The quantitative estimate of drug-likeness (QED) is 0.735. The van der Waals surface area contributed by atoms with Crippen molar-refractivity contribution < 1.29 is 14.3 Å². The summed E-state index contributed by atoms with van der Waals surface area (Å²) >= 11 is 0. The fourth-order valence-corrected chi connectivity index (χ4v) is 2.34. The van der Waals surface area contributed by atoms with Gasteiger partial charge < -0.3 is 5.11 Å². The summed E-state index contributed by atoms with van der Waals surface area (Å²) in [5.74, 6) is -1.46. The summed E-state index contributed by atoms with van der Waals surface area (Å²) in [4.78, 5) is 11.7. The molecule has 1 aliphatic carbocycles. The molecule has 0 amide bonds. The minimum Gasteiger partial charge on any atom is -0.505 e. The molecule has 3 rings (SSSR count). The van der Waals surface area contributed by atoms with E-state index in [1.807, 2.05) is 12.1 Å². The lowest BCUT2D eigenvalue weighted by Crippen LogP contribution is -2.11. The van der Waals surface area contributed by atoms with Gasteiger partial charge >= 0.3 is 0 Å². The van der Waals surface area contributed by atoms with Crippen molar-refractivity contribution >= 4 is 16.6 Å². The lowest BCUT2D eigenvalue weighted by molar-refractivity contribution is 0.0977. The number of benzene rings is 2. The summed E-state index contributed by atoms with van der Waals surface area (Å²) in [5, 5.41) is 10.8. The number of aromatic hydroxyl groups is 1. The number of halogens is 1. The van der Waals surface area contributed by atoms with Crippen molar-refractivity contribution in [3.05, 3.63) is 41.2 Å². The SMILES string of the molecule is O=C1CCc2cccc3cc(O)c(F)c1c23. The molecule has 0 aromatic heterocycles. The van der Waals surface area contributed by atoms with Crippen LogP contribution in [-0.4, -0.2) is 10.9 Å². The zero-order valence-electron chi connectivity index (χ0n) is 8.46. The van der Waals surface area contributed by atoms with E-state index in [2.05, 4.69) is 0 Å². The Bertz CT molecular complexity index is 617. The van der Waals surface area contributed by atoms with Gasteiger partial charge in [-0.1, -0.05) is 18.2 Å². The Morgan fingerprint density at radius 1 is 1.25 bits per heavy atom. The van der Waals surface area contributed by atoms with Crippen LogP contribution in [0.4, 0.5) is 4.39 Å². The number of ketones is 1. The Morgan fingerprint density at radius 2 is 2.06 bits per heavy atom. The van der Waals surface area contributed by atoms with Gasteiger partial charge in [0, 0.05) is 6.42 Å². The van der Waals surface area contributed by atoms with Gasteiger partial charge in [-0.2, -0.15) is 0 Å². The van der Waals surface area contributed by atoms with Gasteiger partial charge in [-0.3, -0.25) is 4.79 Å². The highest BCUT2D eigenvalue weighted by Gasteiger charge is 2.24. The summed E-state index contributed by atoms with van der Waals surface area (Å²) in [5.41, 5.74) is 1.03. The Labute approximate surface area is 91.3 Å². The number of phenols is 1. The smallest absolute Gasteiger partial charge is 0.176 e. The molecule has 2 aromatic carbocycles. The molecule has 0 saturated heterocycles. The summed E-state index contributed by atoms with van der Waals surface area (Å²) in [6.07, 6.45) is 0.958. The first-order valence-corrected chi connectivity index (χ1v) is 5.15. The first kappa shape index (κ1) is 9.33. The lowest BCUT2D eigenvalue weighted by atomic mass is 9.87. The van der Waals surface area contributed by atoms with Crippen molar-refractivity contribution in [3.63, 3.8) is 0 Å². The van der Waals surface area contributed by atoms with Gasteiger partial charge in [0.15, 0.2) is 17.3 Å². The van der Waals surface area contributed by atoms with Crippen LogP contribution >= 0.6 is 0 Å². The lowest BCUT2D eigenvalue weighted by Gasteiger charge is -2.17. The summed E-state index contributed by atoms with van der Waals surface area (Å²) in [7, 11) is 0. The van der Waals surface area contributed by atoms with Gasteiger partial charge in [0.05, 0.1) is 5.56 Å². The molecule has 0 aliphatic heterocycles. The normalized spacial score (nSPS) is 14.4. The predicted molar refractivity (Wildman–Crippen MR) is 58.2 cm³/mol. The van der Waals surface area contributed by atoms with Crippen molar-refractivity contribution in [2.45, 2.75) is 12.8 Å². The van der Waals surface area contributed by atoms with Crippen molar-refractivity contribution in [2.75, 3.05) is 0 Å². The molecule has 0 radical (unpaired) electrons. The maximum Gasteiger partial charge on any atom is 0.176 e. The van der Waals surface area contributed by atoms with E-state index in [0.29, 0.717) is 18.2 Å². The monoisotopic (exact) mass is 216 g/mol. The largest absolute Gasteiger partial charge is 0.505 e. The van der Waals surface area contributed by atoms with Crippen molar-refractivity contribution in [3.8, 4) is 5.75 Å². The molecule has 3 heteroatoms. The van der Waals surface area contributed by atoms with Crippen LogP contribution < -0.4 is 0 Å². The molecule has 0 unspecified atom stereocenters. The van der Waals surface area contributed by atoms with Crippen LogP contribution in [0, 0.1) is 5.82 Å². The van der Waals surface area contributed by atoms with Crippen LogP contribution in [0.15, 0.2) is 24.3 Å². The number of Topliss-reactive ketones (excluding diaryl/α,β-unsaturated/α-hetero) is 1. The zero-order valence-corrected chi connectivity index (χ0v) is 8.46. The van der Waals surface area contributed by atoms with E-state index in [1.54, 1.807) is 6.07 Å². The molecular weight excluding hydrogens is 207 g/mol. The van der Waals surface area contributed by atoms with E-state index in [0.717, 1.165) is 10.9 Å². The second-order valence-electron chi connectivity index (χ2n) is 4.02. The van der Waals surface area contributed by atoms with E-state index in [9.17, 15) is 14.3 Å². The van der Waals surface area contributed by atoms with Gasteiger partial charge in [0.1, 0.15) is 0 Å². The molecule has 0 atom stereocenters. The topological polar surface area (TPSA) is 37.3 Å². The number of hydrogen-bond acceptors (Lipinski definition) is 2. The average molecular weight is 216 g/mol. The first-order chi connectivity index (χ1) is 7.68. The van der Waals surface area contributed by atoms with Crippen molar-refractivity contribution in [1.82, 2.24) is 0 Å². The van der Waals surface area contributed by atoms with E-state index >= 15 is 0 Å². The summed E-state index contributed by atoms with van der Waals surface area (Å²) in [6.45, 7) is 0. The van der Waals surface area contributed by atoms with Gasteiger partial charge in [0.2, 0.25) is 0 Å². The third-order valence-electron chi connectivity index (χ3n) is 3.07. The summed E-state index contributed by atoms with van der Waals surface area (Å²) < 4.78 is 13.7. The van der Waals surface area contributed by atoms with E-state index in [-0.39, 0.29) is 11.3 Å². The molecule has 0 bridgehead atoms. The van der Waals surface area contributed by atoms with Crippen LogP contribution in [0.3, 0.4) is 0 Å². The zero-order chi connectivity index (χ0) is 11.3. The van der Waals surface area contributed by atoms with Crippen LogP contribution in [-0.2, 0) is 6.42 Å². The van der Waals surface area contributed by atoms with E-state index < -0.39 is 11.6 Å². The molecular formula is C13H9FO2. The van der Waals surface area contributed by atoms with E-state index in [4.69, 9.17) is 0 Å². The molecule has 0 saturated carbocycles. The van der Waals surface area contributed by atoms with Crippen molar-refractivity contribution in [1.29, 1.82) is 0 Å². The second-order valence-corrected chi connectivity index (χ2v) is 4.02. The van der Waals surface area contributed by atoms with Crippen LogP contribution in [0.1, 0.15) is 22.3 Å². The maximum atomic E-state index is 13.7. The highest BCUT2D eigenvalue weighted by atomic mass is 19.1. The number of carbonyl (C=O) groups excluding carboxylic acids is 1. The highest BCUT2D eigenvalue weighted by Crippen LogP contribution is 2.35. The Hall–Kier alpha value is -1.90. The average Bonchev–Trinajstić information content (AvgIpc) is 2.28. The number of aryl methyl sites for hydroxylation is 1. The fourth-order valence-electron chi connectivity index (χ4n) is 2.34. The van der Waals surface area contributed by atoms with Crippen LogP contribution in [0.25, 0.3) is 10.8 Å². The minimum absolute atomic E-state index is 0.0526. The molecule has 1 aliphatic rings. The van der Waals surface area contributed by atoms with Gasteiger partial charge in [-0.25, -0.2) is 4.39 Å². The molecule has 16 heavy (non-hydrogen) atoms. The number of phenolic OH excluding ortho intramolecular Hbond substituents is 1. The summed E-state index contributed by atoms with van der Waals surface area (Å²) in [6, 6.07) is 6.90. The number of rotatable bonds is 0. The third-order valence-corrected chi connectivity index (χ3v) is 3.07. The molecule has 1 N–H and O–H groups in total. The standard InChI is InChI=1S/C13H9FO2/c14-13-10(16)6-8-3-1-2-7-4-5-9(15)12(13)11(7)8/h1-3,6,16H,4-5H2. The van der Waals surface area contributed by atoms with Crippen LogP contribution in [0.2, 0.25) is 0 Å². The first-order valence-electron chi connectivity index (χ1n) is 5.15. The Balaban J connectivity index is 2.56. The Morgan fingerprint density at radius 3 is 2.88 bits per heavy atom. The maximum absolute atomic E-state index is 13.7. The molecule has 2 nitrogen and oxygen atoms in total. The third kappa shape index (κ3) is 1.08. The number of carbonyl (C=O) groups is 1. The molecule has 0 spiro atoms. The van der Waals surface area contributed by atoms with Gasteiger partial charge in [0.25, 0.3) is 0 Å².